The number of amides is 4. The number of urea groups is 1. The Labute approximate surface area is 179 Å². The van der Waals surface area contributed by atoms with Gasteiger partial charge in [0.25, 0.3) is 11.8 Å². The van der Waals surface area contributed by atoms with E-state index >= 15 is 0 Å². The van der Waals surface area contributed by atoms with Crippen molar-refractivity contribution in [1.29, 1.82) is 0 Å². The van der Waals surface area contributed by atoms with Crippen LogP contribution in [0.25, 0.3) is 0 Å². The summed E-state index contributed by atoms with van der Waals surface area (Å²) in [6.07, 6.45) is 0.408. The molecule has 31 heavy (non-hydrogen) atoms. The molecule has 2 unspecified atom stereocenters. The number of carbonyl (C=O) groups excluding carboxylic acids is 3. The summed E-state index contributed by atoms with van der Waals surface area (Å²) in [4.78, 5) is 47.3. The average molecular weight is 427 g/mol. The number of nitrogens with two attached hydrogens (primary N) is 1. The van der Waals surface area contributed by atoms with Crippen LogP contribution in [0.4, 0.5) is 4.79 Å². The lowest BCUT2D eigenvalue weighted by Crippen LogP contribution is -2.57. The molecular weight excluding hydrogens is 402 g/mol. The fourth-order valence-corrected chi connectivity index (χ4v) is 2.69. The third-order valence-electron chi connectivity index (χ3n) is 4.25. The first-order chi connectivity index (χ1) is 14.8. The molecule has 2 rings (SSSR count). The summed E-state index contributed by atoms with van der Waals surface area (Å²) < 4.78 is 0. The van der Waals surface area contributed by atoms with Crippen molar-refractivity contribution in [1.82, 2.24) is 21.5 Å². The molecule has 0 radical (unpaired) electrons. The van der Waals surface area contributed by atoms with Crippen molar-refractivity contribution in [3.8, 4) is 0 Å². The lowest BCUT2D eigenvalue weighted by Gasteiger charge is -2.20. The number of carbonyl (C=O) groups is 4. The Hall–Kier alpha value is -3.92. The predicted octanol–water partition coefficient (Wildman–Crippen LogP) is -0.301. The molecule has 2 aromatic carbocycles. The maximum absolute atomic E-state index is 12.6. The Morgan fingerprint density at radius 3 is 1.87 bits per heavy atom. The Morgan fingerprint density at radius 1 is 0.806 bits per heavy atom. The smallest absolute Gasteiger partial charge is 0.323 e. The zero-order valence-electron chi connectivity index (χ0n) is 16.7. The number of aliphatic carboxylic acids is 1. The minimum Gasteiger partial charge on any atom is -0.480 e. The summed E-state index contributed by atoms with van der Waals surface area (Å²) in [5.74, 6) is -2.50. The fourth-order valence-electron chi connectivity index (χ4n) is 2.69. The minimum absolute atomic E-state index is 0.124. The summed E-state index contributed by atoms with van der Waals surface area (Å²) >= 11 is 0. The largest absolute Gasteiger partial charge is 0.480 e. The average Bonchev–Trinajstić information content (AvgIpc) is 2.76. The van der Waals surface area contributed by atoms with E-state index in [4.69, 9.17) is 10.8 Å². The third kappa shape index (κ3) is 8.54. The van der Waals surface area contributed by atoms with Crippen molar-refractivity contribution < 1.29 is 24.3 Å². The molecule has 0 aliphatic rings. The number of nitrogens with one attached hydrogen (secondary N) is 4. The number of rotatable bonds is 9. The van der Waals surface area contributed by atoms with Crippen molar-refractivity contribution in [3.05, 3.63) is 71.8 Å². The van der Waals surface area contributed by atoms with Gasteiger partial charge in [-0.15, -0.1) is 0 Å². The highest BCUT2D eigenvalue weighted by Crippen LogP contribution is 2.04. The summed E-state index contributed by atoms with van der Waals surface area (Å²) in [5.41, 5.74) is 12.0. The number of hydrogen-bond acceptors (Lipinski definition) is 5. The van der Waals surface area contributed by atoms with Crippen molar-refractivity contribution in [3.63, 3.8) is 0 Å². The number of carboxylic acid groups (broad SMARTS) is 1. The van der Waals surface area contributed by atoms with Gasteiger partial charge in [0.1, 0.15) is 12.6 Å². The number of benzene rings is 2. The second-order valence-corrected chi connectivity index (χ2v) is 6.74. The van der Waals surface area contributed by atoms with Crippen LogP contribution in [0.5, 0.6) is 0 Å². The van der Waals surface area contributed by atoms with Crippen LogP contribution < -0.4 is 27.2 Å². The Kier molecular flexibility index (Phi) is 8.99. The predicted molar refractivity (Wildman–Crippen MR) is 113 cm³/mol. The quantitative estimate of drug-likeness (QED) is 0.301. The molecule has 0 bridgehead atoms. The molecule has 10 nitrogen and oxygen atoms in total. The summed E-state index contributed by atoms with van der Waals surface area (Å²) in [5, 5.41) is 13.2. The van der Waals surface area contributed by atoms with E-state index in [1.165, 1.54) is 0 Å². The van der Waals surface area contributed by atoms with E-state index in [0.29, 0.717) is 0 Å². The van der Waals surface area contributed by atoms with Gasteiger partial charge < -0.3 is 21.5 Å². The monoisotopic (exact) mass is 427 g/mol. The maximum Gasteiger partial charge on any atom is 0.323 e. The summed E-state index contributed by atoms with van der Waals surface area (Å²) in [6, 6.07) is 15.3. The Balaban J connectivity index is 1.94. The van der Waals surface area contributed by atoms with Gasteiger partial charge in [-0.05, 0) is 17.5 Å². The zero-order valence-corrected chi connectivity index (χ0v) is 16.7. The van der Waals surface area contributed by atoms with Crippen LogP contribution in [0.3, 0.4) is 0 Å². The molecule has 7 N–H and O–H groups in total. The molecule has 0 spiro atoms. The summed E-state index contributed by atoms with van der Waals surface area (Å²) in [6.45, 7) is -0.601. The van der Waals surface area contributed by atoms with Gasteiger partial charge in [-0.2, -0.15) is 0 Å². The molecule has 0 aliphatic carbocycles. The van der Waals surface area contributed by atoms with Gasteiger partial charge in [0.15, 0.2) is 0 Å². The van der Waals surface area contributed by atoms with Crippen LogP contribution in [-0.4, -0.2) is 47.5 Å². The first-order valence-corrected chi connectivity index (χ1v) is 9.54. The van der Waals surface area contributed by atoms with Gasteiger partial charge in [0.05, 0.1) is 6.04 Å². The Morgan fingerprint density at radius 2 is 1.32 bits per heavy atom. The number of carboxylic acids is 1. The van der Waals surface area contributed by atoms with E-state index in [-0.39, 0.29) is 12.8 Å². The van der Waals surface area contributed by atoms with E-state index in [2.05, 4.69) is 21.5 Å². The van der Waals surface area contributed by atoms with E-state index in [0.717, 1.165) is 11.1 Å². The summed E-state index contributed by atoms with van der Waals surface area (Å²) in [7, 11) is 0. The molecule has 0 saturated carbocycles. The molecule has 2 atom stereocenters. The van der Waals surface area contributed by atoms with Crippen LogP contribution in [0.1, 0.15) is 11.1 Å². The molecule has 164 valence electrons. The van der Waals surface area contributed by atoms with Crippen molar-refractivity contribution in [2.24, 2.45) is 5.73 Å². The maximum atomic E-state index is 12.6. The molecule has 0 aromatic heterocycles. The van der Waals surface area contributed by atoms with Crippen LogP contribution >= 0.6 is 0 Å². The van der Waals surface area contributed by atoms with Crippen LogP contribution in [0.2, 0.25) is 0 Å². The normalized spacial score (nSPS) is 12.2. The molecule has 0 aliphatic heterocycles. The topological polar surface area (TPSA) is 163 Å². The van der Waals surface area contributed by atoms with E-state index in [1.54, 1.807) is 30.3 Å². The first kappa shape index (κ1) is 23.4. The minimum atomic E-state index is -1.22. The van der Waals surface area contributed by atoms with E-state index in [1.807, 2.05) is 30.3 Å². The lowest BCUT2D eigenvalue weighted by atomic mass is 10.1. The standard InChI is InChI=1S/C21H25N5O5/c22-16(11-14-7-3-1-4-8-14)19(29)25-26-20(30)17(12-15-9-5-2-6-10-15)24-21(31)23-13-18(27)28/h1-10,16-17H,11-13,22H2,(H,25,29)(H,26,30)(H,27,28)(H2,23,24,31). The number of hydrazine groups is 1. The van der Waals surface area contributed by atoms with E-state index in [9.17, 15) is 19.2 Å². The van der Waals surface area contributed by atoms with Gasteiger partial charge >= 0.3 is 12.0 Å². The fraction of sp³-hybridized carbons (Fsp3) is 0.238. The molecule has 0 fully saturated rings. The van der Waals surface area contributed by atoms with Crippen LogP contribution in [0.15, 0.2) is 60.7 Å². The van der Waals surface area contributed by atoms with E-state index < -0.39 is 42.4 Å². The van der Waals surface area contributed by atoms with Gasteiger partial charge in [0, 0.05) is 6.42 Å². The highest BCUT2D eigenvalue weighted by molar-refractivity contribution is 5.90. The second-order valence-electron chi connectivity index (χ2n) is 6.74. The third-order valence-corrected chi connectivity index (χ3v) is 4.25. The molecule has 0 heterocycles. The number of hydrogen-bond donors (Lipinski definition) is 6. The molecule has 0 saturated heterocycles. The van der Waals surface area contributed by atoms with Crippen LogP contribution in [-0.2, 0) is 27.2 Å². The van der Waals surface area contributed by atoms with Gasteiger partial charge in [0.2, 0.25) is 0 Å². The molecular formula is C21H25N5O5. The van der Waals surface area contributed by atoms with Crippen molar-refractivity contribution in [2.45, 2.75) is 24.9 Å². The molecule has 2 aromatic rings. The second kappa shape index (κ2) is 11.9. The SMILES string of the molecule is NC(Cc1ccccc1)C(=O)NNC(=O)C(Cc1ccccc1)NC(=O)NCC(=O)O. The van der Waals surface area contributed by atoms with Gasteiger partial charge in [-0.25, -0.2) is 4.79 Å². The first-order valence-electron chi connectivity index (χ1n) is 9.54. The van der Waals surface area contributed by atoms with Gasteiger partial charge in [-0.3, -0.25) is 25.2 Å². The Bertz CT molecular complexity index is 892. The van der Waals surface area contributed by atoms with Crippen molar-refractivity contribution >= 4 is 23.8 Å². The lowest BCUT2D eigenvalue weighted by molar-refractivity contribution is -0.135. The van der Waals surface area contributed by atoms with Gasteiger partial charge in [-0.1, -0.05) is 60.7 Å². The van der Waals surface area contributed by atoms with Crippen molar-refractivity contribution in [2.75, 3.05) is 6.54 Å². The molecule has 4 amide bonds. The highest BCUT2D eigenvalue weighted by Gasteiger charge is 2.23. The zero-order chi connectivity index (χ0) is 22.6. The molecule has 10 heteroatoms. The van der Waals surface area contributed by atoms with Crippen LogP contribution in [0, 0.1) is 0 Å². The highest BCUT2D eigenvalue weighted by atomic mass is 16.4.